The fourth-order valence-corrected chi connectivity index (χ4v) is 2.69. The molecule has 0 fully saturated rings. The molecule has 0 unspecified atom stereocenters. The van der Waals surface area contributed by atoms with E-state index in [1.54, 1.807) is 12.1 Å². The molecule has 0 heterocycles. The Kier molecular flexibility index (Phi) is 6.32. The number of rotatable bonds is 5. The molecule has 0 aliphatic rings. The number of amides is 1. The Hall–Kier alpha value is -0.970. The Morgan fingerprint density at radius 3 is 2.29 bits per heavy atom. The number of carbonyl (C=O) groups excluding carboxylic acids is 1. The summed E-state index contributed by atoms with van der Waals surface area (Å²) in [5, 5.41) is 3.43. The minimum absolute atomic E-state index is 0.121. The van der Waals surface area contributed by atoms with Gasteiger partial charge in [-0.2, -0.15) is 0 Å². The summed E-state index contributed by atoms with van der Waals surface area (Å²) in [6, 6.07) is 3.13. The van der Waals surface area contributed by atoms with Crippen molar-refractivity contribution >= 4 is 40.5 Å². The predicted octanol–water partition coefficient (Wildman–Crippen LogP) is 3.88. The smallest absolute Gasteiger partial charge is 0.225 e. The zero-order valence-corrected chi connectivity index (χ0v) is 14.5. The third-order valence-corrected chi connectivity index (χ3v) is 3.39. The summed E-state index contributed by atoms with van der Waals surface area (Å²) in [6.45, 7) is 8.09. The molecule has 0 spiro atoms. The van der Waals surface area contributed by atoms with Crippen LogP contribution < -0.4 is 11.1 Å². The van der Waals surface area contributed by atoms with E-state index in [9.17, 15) is 4.79 Å². The first kappa shape index (κ1) is 18.1. The monoisotopic (exact) mass is 331 g/mol. The minimum Gasteiger partial charge on any atom is -0.399 e. The van der Waals surface area contributed by atoms with E-state index in [1.807, 2.05) is 7.05 Å². The van der Waals surface area contributed by atoms with Crippen LogP contribution in [0.4, 0.5) is 11.4 Å². The molecule has 0 radical (unpaired) electrons. The molecule has 3 N–H and O–H groups in total. The highest BCUT2D eigenvalue weighted by molar-refractivity contribution is 6.40. The second-order valence-corrected chi connectivity index (χ2v) is 7.27. The van der Waals surface area contributed by atoms with E-state index in [2.05, 4.69) is 31.0 Å². The van der Waals surface area contributed by atoms with Crippen molar-refractivity contribution in [3.8, 4) is 0 Å². The Labute approximate surface area is 136 Å². The lowest BCUT2D eigenvalue weighted by atomic mass is 9.96. The molecule has 0 saturated carbocycles. The number of hydrogen-bond acceptors (Lipinski definition) is 3. The predicted molar refractivity (Wildman–Crippen MR) is 91.1 cm³/mol. The van der Waals surface area contributed by atoms with Crippen LogP contribution in [0.15, 0.2) is 12.1 Å². The molecule has 0 saturated heterocycles. The van der Waals surface area contributed by atoms with Gasteiger partial charge in [-0.05, 0) is 24.6 Å². The summed E-state index contributed by atoms with van der Waals surface area (Å²) >= 11 is 12.1. The Morgan fingerprint density at radius 1 is 1.29 bits per heavy atom. The van der Waals surface area contributed by atoms with Crippen molar-refractivity contribution in [1.82, 2.24) is 4.90 Å². The summed E-state index contributed by atoms with van der Waals surface area (Å²) in [4.78, 5) is 14.1. The molecule has 118 valence electrons. The molecule has 4 nitrogen and oxygen atoms in total. The summed E-state index contributed by atoms with van der Waals surface area (Å²) < 4.78 is 0. The van der Waals surface area contributed by atoms with E-state index in [-0.39, 0.29) is 11.3 Å². The van der Waals surface area contributed by atoms with Crippen LogP contribution in [0.3, 0.4) is 0 Å². The van der Waals surface area contributed by atoms with Gasteiger partial charge >= 0.3 is 0 Å². The molecule has 0 bridgehead atoms. The standard InChI is InChI=1S/C15H23Cl2N3O/c1-15(2,3)9-20(4)6-5-13(21)19-14-11(16)7-10(18)8-12(14)17/h7-8H,5-6,9,18H2,1-4H3,(H,19,21). The SMILES string of the molecule is CN(CCC(=O)Nc1c(Cl)cc(N)cc1Cl)CC(C)(C)C. The Bertz CT molecular complexity index is 489. The van der Waals surface area contributed by atoms with E-state index < -0.39 is 0 Å². The van der Waals surface area contributed by atoms with E-state index >= 15 is 0 Å². The molecular formula is C15H23Cl2N3O. The van der Waals surface area contributed by atoms with Gasteiger partial charge in [0.25, 0.3) is 0 Å². The van der Waals surface area contributed by atoms with Crippen molar-refractivity contribution in [3.05, 3.63) is 22.2 Å². The normalized spacial score (nSPS) is 11.8. The molecular weight excluding hydrogens is 309 g/mol. The molecule has 0 aromatic heterocycles. The number of nitrogens with one attached hydrogen (secondary N) is 1. The van der Waals surface area contributed by atoms with Crippen LogP contribution in [-0.4, -0.2) is 30.9 Å². The number of halogens is 2. The first-order valence-electron chi connectivity index (χ1n) is 6.81. The number of nitrogens with zero attached hydrogens (tertiary/aromatic N) is 1. The van der Waals surface area contributed by atoms with Crippen molar-refractivity contribution in [1.29, 1.82) is 0 Å². The van der Waals surface area contributed by atoms with Gasteiger partial charge in [-0.25, -0.2) is 0 Å². The lowest BCUT2D eigenvalue weighted by Gasteiger charge is -2.26. The van der Waals surface area contributed by atoms with E-state index in [0.29, 0.717) is 34.4 Å². The first-order chi connectivity index (χ1) is 9.58. The Morgan fingerprint density at radius 2 is 1.81 bits per heavy atom. The van der Waals surface area contributed by atoms with Crippen molar-refractivity contribution in [2.75, 3.05) is 31.2 Å². The zero-order chi connectivity index (χ0) is 16.2. The topological polar surface area (TPSA) is 58.4 Å². The van der Waals surface area contributed by atoms with Crippen molar-refractivity contribution < 1.29 is 4.79 Å². The highest BCUT2D eigenvalue weighted by Crippen LogP contribution is 2.32. The minimum atomic E-state index is -0.121. The summed E-state index contributed by atoms with van der Waals surface area (Å²) in [7, 11) is 2.00. The van der Waals surface area contributed by atoms with Crippen molar-refractivity contribution in [2.24, 2.45) is 5.41 Å². The molecule has 0 aliphatic heterocycles. The van der Waals surface area contributed by atoms with Crippen LogP contribution in [0, 0.1) is 5.41 Å². The average Bonchev–Trinajstić information content (AvgIpc) is 2.29. The van der Waals surface area contributed by atoms with E-state index in [1.165, 1.54) is 0 Å². The molecule has 21 heavy (non-hydrogen) atoms. The van der Waals surface area contributed by atoms with Gasteiger partial charge in [0.2, 0.25) is 5.91 Å². The highest BCUT2D eigenvalue weighted by atomic mass is 35.5. The number of carbonyl (C=O) groups is 1. The maximum absolute atomic E-state index is 12.0. The van der Waals surface area contributed by atoms with Crippen molar-refractivity contribution in [3.63, 3.8) is 0 Å². The number of benzene rings is 1. The van der Waals surface area contributed by atoms with E-state index in [0.717, 1.165) is 6.54 Å². The summed E-state index contributed by atoms with van der Waals surface area (Å²) in [5.41, 5.74) is 6.71. The maximum Gasteiger partial charge on any atom is 0.225 e. The third-order valence-electron chi connectivity index (χ3n) is 2.79. The highest BCUT2D eigenvalue weighted by Gasteiger charge is 2.15. The van der Waals surface area contributed by atoms with Crippen LogP contribution in [0.1, 0.15) is 27.2 Å². The fraction of sp³-hybridized carbons (Fsp3) is 0.533. The van der Waals surface area contributed by atoms with Gasteiger partial charge in [0, 0.05) is 25.2 Å². The van der Waals surface area contributed by atoms with Crippen LogP contribution in [0.2, 0.25) is 10.0 Å². The van der Waals surface area contributed by atoms with Crippen LogP contribution in [0.25, 0.3) is 0 Å². The number of nitrogen functional groups attached to an aromatic ring is 1. The lowest BCUT2D eigenvalue weighted by Crippen LogP contribution is -2.31. The fourth-order valence-electron chi connectivity index (χ4n) is 2.10. The number of hydrogen-bond donors (Lipinski definition) is 2. The largest absolute Gasteiger partial charge is 0.399 e. The Balaban J connectivity index is 2.55. The molecule has 1 amide bonds. The summed E-state index contributed by atoms with van der Waals surface area (Å²) in [5.74, 6) is -0.121. The van der Waals surface area contributed by atoms with Gasteiger partial charge in [-0.15, -0.1) is 0 Å². The number of anilines is 2. The van der Waals surface area contributed by atoms with Gasteiger partial charge in [-0.1, -0.05) is 44.0 Å². The van der Waals surface area contributed by atoms with E-state index in [4.69, 9.17) is 28.9 Å². The molecule has 1 rings (SSSR count). The number of nitrogens with two attached hydrogens (primary N) is 1. The first-order valence-corrected chi connectivity index (χ1v) is 7.57. The van der Waals surface area contributed by atoms with Gasteiger partial charge < -0.3 is 16.0 Å². The van der Waals surface area contributed by atoms with Crippen LogP contribution >= 0.6 is 23.2 Å². The quantitative estimate of drug-likeness (QED) is 0.805. The summed E-state index contributed by atoms with van der Waals surface area (Å²) in [6.07, 6.45) is 0.379. The molecule has 0 aliphatic carbocycles. The van der Waals surface area contributed by atoms with Gasteiger partial charge in [0.15, 0.2) is 0 Å². The molecule has 1 aromatic rings. The van der Waals surface area contributed by atoms with Crippen molar-refractivity contribution in [2.45, 2.75) is 27.2 Å². The van der Waals surface area contributed by atoms with Crippen LogP contribution in [0.5, 0.6) is 0 Å². The molecule has 6 heteroatoms. The van der Waals surface area contributed by atoms with Crippen LogP contribution in [-0.2, 0) is 4.79 Å². The zero-order valence-electron chi connectivity index (χ0n) is 13.0. The second kappa shape index (κ2) is 7.34. The average molecular weight is 332 g/mol. The lowest BCUT2D eigenvalue weighted by molar-refractivity contribution is -0.116. The molecule has 1 aromatic carbocycles. The van der Waals surface area contributed by atoms with Gasteiger partial charge in [-0.3, -0.25) is 4.79 Å². The van der Waals surface area contributed by atoms with Gasteiger partial charge in [0.05, 0.1) is 15.7 Å². The van der Waals surface area contributed by atoms with Gasteiger partial charge in [0.1, 0.15) is 0 Å². The molecule has 0 atom stereocenters. The maximum atomic E-state index is 12.0. The third kappa shape index (κ3) is 6.55. The second-order valence-electron chi connectivity index (χ2n) is 6.46.